The van der Waals surface area contributed by atoms with Gasteiger partial charge in [0.2, 0.25) is 10.0 Å². The highest BCUT2D eigenvalue weighted by Crippen LogP contribution is 2.32. The fourth-order valence-corrected chi connectivity index (χ4v) is 7.77. The number of sulfonamides is 1. The minimum absolute atomic E-state index is 0.0151. The summed E-state index contributed by atoms with van der Waals surface area (Å²) in [6, 6.07) is 15.2. The Labute approximate surface area is 248 Å². The molecule has 41 heavy (non-hydrogen) atoms. The van der Waals surface area contributed by atoms with E-state index < -0.39 is 15.8 Å². The van der Waals surface area contributed by atoms with Crippen LogP contribution < -0.4 is 10.6 Å². The molecule has 1 aliphatic rings. The minimum atomic E-state index is -3.72. The fraction of sp³-hybridized carbons (Fsp3) is 0.419. The van der Waals surface area contributed by atoms with Gasteiger partial charge in [-0.25, -0.2) is 12.8 Å². The zero-order valence-corrected chi connectivity index (χ0v) is 25.2. The molecule has 0 radical (unpaired) electrons. The van der Waals surface area contributed by atoms with Crippen LogP contribution in [0.25, 0.3) is 4.85 Å². The zero-order valence-electron chi connectivity index (χ0n) is 23.7. The summed E-state index contributed by atoms with van der Waals surface area (Å²) in [7, 11) is -3.72. The molecule has 0 bridgehead atoms. The molecule has 1 aromatic heterocycles. The summed E-state index contributed by atoms with van der Waals surface area (Å²) < 4.78 is 43.9. The molecule has 2 N–H and O–H groups in total. The Hall–Kier alpha value is -3.03. The maximum Gasteiger partial charge on any atom is 0.295 e. The Morgan fingerprint density at radius 2 is 1.85 bits per heavy atom. The van der Waals surface area contributed by atoms with Crippen LogP contribution in [0, 0.1) is 18.3 Å². The SMILES string of the molecule is C#[N+]C(CNc1cncc(F)c1CCC1CNCC(C)N1S(=O)(=O)c1ccccc1)C(c1ccc(Cl)cc1)C(C)C. The summed E-state index contributed by atoms with van der Waals surface area (Å²) in [6.45, 7) is 13.4. The number of benzene rings is 2. The number of pyridine rings is 1. The van der Waals surface area contributed by atoms with E-state index in [0.29, 0.717) is 48.7 Å². The monoisotopic (exact) mass is 598 g/mol. The van der Waals surface area contributed by atoms with E-state index in [0.717, 1.165) is 5.56 Å². The van der Waals surface area contributed by atoms with Crippen molar-refractivity contribution >= 4 is 27.3 Å². The van der Waals surface area contributed by atoms with Gasteiger partial charge >= 0.3 is 0 Å². The lowest BCUT2D eigenvalue weighted by Gasteiger charge is -2.40. The second-order valence-electron chi connectivity index (χ2n) is 10.9. The van der Waals surface area contributed by atoms with Gasteiger partial charge in [-0.15, -0.1) is 0 Å². The molecule has 2 heterocycles. The molecule has 0 spiro atoms. The van der Waals surface area contributed by atoms with Gasteiger partial charge in [-0.2, -0.15) is 4.31 Å². The lowest BCUT2D eigenvalue weighted by molar-refractivity contribution is 0.198. The Balaban J connectivity index is 1.52. The molecule has 1 aliphatic heterocycles. The number of piperazine rings is 1. The van der Waals surface area contributed by atoms with Crippen molar-refractivity contribution in [2.24, 2.45) is 5.92 Å². The predicted octanol–water partition coefficient (Wildman–Crippen LogP) is 6.04. The number of rotatable bonds is 11. The molecule has 7 nitrogen and oxygen atoms in total. The maximum absolute atomic E-state index is 15.2. The van der Waals surface area contributed by atoms with Crippen LogP contribution in [0.2, 0.25) is 5.02 Å². The van der Waals surface area contributed by atoms with E-state index in [1.807, 2.05) is 31.2 Å². The molecule has 10 heteroatoms. The number of hydrogen-bond donors (Lipinski definition) is 2. The Morgan fingerprint density at radius 3 is 2.51 bits per heavy atom. The molecule has 1 saturated heterocycles. The van der Waals surface area contributed by atoms with Crippen molar-refractivity contribution in [2.45, 2.75) is 62.6 Å². The normalized spacial score (nSPS) is 19.4. The topological polar surface area (TPSA) is 78.7 Å². The standard InChI is InChI=1S/C31H38ClFN5O2S/c1-21(2)31(23-10-12-24(32)13-11-23)30(34-4)20-37-29-19-36-18-28(33)27(29)15-14-25-17-35-16-22(3)38(25)41(39,40)26-8-6-5-7-9-26/h4-13,18-19,21-22,25,30-31,35,37H,14-17,20H2,1-3H3/q+1. The quantitative estimate of drug-likeness (QED) is 0.281. The number of aromatic nitrogens is 1. The third-order valence-corrected chi connectivity index (χ3v) is 10.1. The van der Waals surface area contributed by atoms with Gasteiger partial charge in [0, 0.05) is 35.8 Å². The first kappa shape index (κ1) is 30.9. The van der Waals surface area contributed by atoms with Crippen molar-refractivity contribution in [1.82, 2.24) is 14.6 Å². The molecule has 3 aromatic rings. The highest BCUT2D eigenvalue weighted by molar-refractivity contribution is 7.89. The van der Waals surface area contributed by atoms with Crippen molar-refractivity contribution in [1.29, 1.82) is 0 Å². The molecule has 4 rings (SSSR count). The van der Waals surface area contributed by atoms with Crippen LogP contribution in [-0.4, -0.2) is 55.5 Å². The van der Waals surface area contributed by atoms with Crippen molar-refractivity contribution < 1.29 is 12.8 Å². The highest BCUT2D eigenvalue weighted by Gasteiger charge is 2.38. The molecule has 4 unspecified atom stereocenters. The van der Waals surface area contributed by atoms with E-state index in [4.69, 9.17) is 18.2 Å². The third kappa shape index (κ3) is 7.25. The first-order valence-corrected chi connectivity index (χ1v) is 15.8. The zero-order chi connectivity index (χ0) is 29.6. The van der Waals surface area contributed by atoms with E-state index in [1.165, 1.54) is 6.20 Å². The number of nitrogens with one attached hydrogen (secondary N) is 2. The summed E-state index contributed by atoms with van der Waals surface area (Å²) in [4.78, 5) is 8.50. The third-order valence-electron chi connectivity index (χ3n) is 7.75. The van der Waals surface area contributed by atoms with E-state index in [-0.39, 0.29) is 34.9 Å². The molecule has 2 aromatic carbocycles. The summed E-state index contributed by atoms with van der Waals surface area (Å²) in [5.74, 6) is -0.191. The van der Waals surface area contributed by atoms with Crippen LogP contribution >= 0.6 is 11.6 Å². The number of halogens is 2. The van der Waals surface area contributed by atoms with Crippen LogP contribution in [0.4, 0.5) is 10.1 Å². The number of hydrogen-bond acceptors (Lipinski definition) is 5. The average molecular weight is 599 g/mol. The smallest absolute Gasteiger partial charge is 0.295 e. The van der Waals surface area contributed by atoms with E-state index in [9.17, 15) is 8.42 Å². The van der Waals surface area contributed by atoms with Gasteiger partial charge in [0.15, 0.2) is 0 Å². The van der Waals surface area contributed by atoms with E-state index in [1.54, 1.807) is 40.8 Å². The summed E-state index contributed by atoms with van der Waals surface area (Å²) in [5.41, 5.74) is 2.08. The Kier molecular flexibility index (Phi) is 10.4. The van der Waals surface area contributed by atoms with Gasteiger partial charge in [-0.3, -0.25) is 4.98 Å². The Morgan fingerprint density at radius 1 is 1.15 bits per heavy atom. The van der Waals surface area contributed by atoms with E-state index >= 15 is 4.39 Å². The van der Waals surface area contributed by atoms with Gasteiger partial charge in [0.25, 0.3) is 12.6 Å². The summed E-state index contributed by atoms with van der Waals surface area (Å²) in [5, 5.41) is 7.32. The second kappa shape index (κ2) is 13.8. The van der Waals surface area contributed by atoms with Gasteiger partial charge in [0.05, 0.1) is 35.4 Å². The Bertz CT molecular complexity index is 1450. The first-order valence-electron chi connectivity index (χ1n) is 13.9. The predicted molar refractivity (Wildman–Crippen MR) is 164 cm³/mol. The summed E-state index contributed by atoms with van der Waals surface area (Å²) in [6.07, 6.45) is 3.55. The molecule has 1 fully saturated rings. The van der Waals surface area contributed by atoms with Crippen LogP contribution in [0.15, 0.2) is 71.9 Å². The maximum atomic E-state index is 15.2. The van der Waals surface area contributed by atoms with Crippen LogP contribution in [0.1, 0.15) is 44.2 Å². The lowest BCUT2D eigenvalue weighted by atomic mass is 9.82. The van der Waals surface area contributed by atoms with Gasteiger partial charge in [-0.1, -0.05) is 60.6 Å². The van der Waals surface area contributed by atoms with Gasteiger partial charge in [-0.05, 0) is 55.5 Å². The van der Waals surface area contributed by atoms with Crippen molar-refractivity contribution in [2.75, 3.05) is 25.0 Å². The first-order chi connectivity index (χ1) is 19.6. The van der Waals surface area contributed by atoms with E-state index in [2.05, 4.69) is 34.3 Å². The molecule has 0 saturated carbocycles. The minimum Gasteiger partial charge on any atom is -0.376 e. The fourth-order valence-electron chi connectivity index (χ4n) is 5.78. The van der Waals surface area contributed by atoms with Crippen LogP contribution in [0.5, 0.6) is 0 Å². The van der Waals surface area contributed by atoms with Crippen molar-refractivity contribution in [3.05, 3.63) is 93.8 Å². The van der Waals surface area contributed by atoms with Crippen molar-refractivity contribution in [3.63, 3.8) is 0 Å². The molecule has 0 amide bonds. The van der Waals surface area contributed by atoms with Crippen molar-refractivity contribution in [3.8, 4) is 6.57 Å². The number of nitrogens with zero attached hydrogens (tertiary/aromatic N) is 3. The molecule has 0 aliphatic carbocycles. The van der Waals surface area contributed by atoms with Crippen LogP contribution in [-0.2, 0) is 16.4 Å². The molecular formula is C31H38ClFN5O2S+. The number of anilines is 1. The molecule has 4 atom stereocenters. The molecule has 218 valence electrons. The van der Waals surface area contributed by atoms with Gasteiger partial charge < -0.3 is 10.6 Å². The molecular weight excluding hydrogens is 561 g/mol. The highest BCUT2D eigenvalue weighted by atomic mass is 35.5. The summed E-state index contributed by atoms with van der Waals surface area (Å²) >= 11 is 6.10. The average Bonchev–Trinajstić information content (AvgIpc) is 2.95. The van der Waals surface area contributed by atoms with Gasteiger partial charge in [0.1, 0.15) is 5.82 Å². The largest absolute Gasteiger partial charge is 0.376 e. The van der Waals surface area contributed by atoms with Crippen LogP contribution in [0.3, 0.4) is 0 Å². The second-order valence-corrected chi connectivity index (χ2v) is 13.2. The lowest BCUT2D eigenvalue weighted by Crippen LogP contribution is -2.58.